The molecule has 0 amide bonds. The van der Waals surface area contributed by atoms with Gasteiger partial charge < -0.3 is 0 Å². The molecule has 0 unspecified atom stereocenters. The first-order valence-electron chi connectivity index (χ1n) is 7.89. The van der Waals surface area contributed by atoms with E-state index in [9.17, 15) is 4.79 Å². The van der Waals surface area contributed by atoms with Crippen molar-refractivity contribution in [3.63, 3.8) is 0 Å². The lowest BCUT2D eigenvalue weighted by atomic mass is 9.94. The van der Waals surface area contributed by atoms with Gasteiger partial charge in [-0.2, -0.15) is 0 Å². The first-order chi connectivity index (χ1) is 10.0. The highest BCUT2D eigenvalue weighted by Gasteiger charge is 2.30. The lowest BCUT2D eigenvalue weighted by Gasteiger charge is -2.14. The van der Waals surface area contributed by atoms with Gasteiger partial charge in [0.1, 0.15) is 0 Å². The van der Waals surface area contributed by atoms with E-state index in [0.717, 1.165) is 11.9 Å². The minimum absolute atomic E-state index is 0.0933. The maximum absolute atomic E-state index is 11.9. The highest BCUT2D eigenvalue weighted by molar-refractivity contribution is 5.96. The molecule has 0 N–H and O–H groups in total. The number of rotatable bonds is 2. The van der Waals surface area contributed by atoms with Gasteiger partial charge in [0.25, 0.3) is 0 Å². The molecule has 2 nitrogen and oxygen atoms in total. The van der Waals surface area contributed by atoms with E-state index in [4.69, 9.17) is 0 Å². The molecule has 110 valence electrons. The molecule has 0 saturated carbocycles. The van der Waals surface area contributed by atoms with Crippen LogP contribution < -0.4 is 0 Å². The minimum Gasteiger partial charge on any atom is -0.287 e. The van der Waals surface area contributed by atoms with Crippen LogP contribution in [-0.4, -0.2) is 10.5 Å². The fourth-order valence-corrected chi connectivity index (χ4v) is 3.84. The van der Waals surface area contributed by atoms with Crippen LogP contribution in [0, 0.1) is 0 Å². The Bertz CT molecular complexity index is 736. The second kappa shape index (κ2) is 5.18. The van der Waals surface area contributed by atoms with Crippen molar-refractivity contribution in [1.29, 1.82) is 0 Å². The molecule has 2 atom stereocenters. The summed E-state index contributed by atoms with van der Waals surface area (Å²) in [6.07, 6.45) is 8.60. The molecule has 0 radical (unpaired) electrons. The van der Waals surface area contributed by atoms with Crippen LogP contribution in [-0.2, 0) is 0 Å². The van der Waals surface area contributed by atoms with Crippen LogP contribution in [0.4, 0.5) is 0 Å². The van der Waals surface area contributed by atoms with Gasteiger partial charge in [0.15, 0.2) is 0 Å². The molecular formula is C19H23NO. The van der Waals surface area contributed by atoms with Crippen LogP contribution in [0.5, 0.6) is 0 Å². The molecule has 2 aromatic rings. The molecule has 1 heterocycles. The van der Waals surface area contributed by atoms with Gasteiger partial charge in [-0.15, -0.1) is 0 Å². The number of carbonyl (C=O) groups is 1. The molecule has 0 bridgehead atoms. The summed E-state index contributed by atoms with van der Waals surface area (Å²) in [5.41, 5.74) is 5.29. The Hall–Kier alpha value is -1.83. The van der Waals surface area contributed by atoms with Crippen LogP contribution in [0.3, 0.4) is 0 Å². The van der Waals surface area contributed by atoms with Gasteiger partial charge in [-0.1, -0.05) is 32.9 Å². The van der Waals surface area contributed by atoms with E-state index >= 15 is 0 Å². The smallest absolute Gasteiger partial charge is 0.227 e. The summed E-state index contributed by atoms with van der Waals surface area (Å²) in [6, 6.07) is 4.31. The number of nitrogens with zero attached hydrogens (tertiary/aromatic N) is 1. The average molecular weight is 281 g/mol. The summed E-state index contributed by atoms with van der Waals surface area (Å²) in [6.45, 7) is 8.39. The fraction of sp³-hybridized carbons (Fsp3) is 0.421. The number of fused-ring (bicyclic) bond motifs is 3. The van der Waals surface area contributed by atoms with E-state index in [0.29, 0.717) is 11.8 Å². The molecular weight excluding hydrogens is 258 g/mol. The summed E-state index contributed by atoms with van der Waals surface area (Å²) in [4.78, 5) is 11.9. The SMILES string of the molecule is CC/C=C/c1cc2ccn(C(C)=O)c2c2c1[C@H](C)C[C@@H]2C. The Labute approximate surface area is 126 Å². The van der Waals surface area contributed by atoms with Crippen molar-refractivity contribution < 1.29 is 4.79 Å². The van der Waals surface area contributed by atoms with Gasteiger partial charge in [0.05, 0.1) is 5.52 Å². The van der Waals surface area contributed by atoms with Crippen LogP contribution in [0.2, 0.25) is 0 Å². The predicted octanol–water partition coefficient (Wildman–Crippen LogP) is 5.34. The zero-order valence-electron chi connectivity index (χ0n) is 13.3. The number of aromatic nitrogens is 1. The monoisotopic (exact) mass is 281 g/mol. The lowest BCUT2D eigenvalue weighted by molar-refractivity contribution is 0.0941. The molecule has 0 saturated heterocycles. The van der Waals surface area contributed by atoms with Gasteiger partial charge in [0, 0.05) is 18.5 Å². The van der Waals surface area contributed by atoms with Crippen LogP contribution >= 0.6 is 0 Å². The van der Waals surface area contributed by atoms with Crippen molar-refractivity contribution in [3.05, 3.63) is 41.1 Å². The summed E-state index contributed by atoms with van der Waals surface area (Å²) >= 11 is 0. The third-order valence-corrected chi connectivity index (χ3v) is 4.65. The third kappa shape index (κ3) is 2.14. The fourth-order valence-electron chi connectivity index (χ4n) is 3.84. The number of allylic oxidation sites excluding steroid dienone is 1. The quantitative estimate of drug-likeness (QED) is 0.728. The second-order valence-corrected chi connectivity index (χ2v) is 6.28. The van der Waals surface area contributed by atoms with Crippen LogP contribution in [0.15, 0.2) is 24.4 Å². The number of carbonyl (C=O) groups excluding carboxylic acids is 1. The Morgan fingerprint density at radius 2 is 2.05 bits per heavy atom. The molecule has 0 fully saturated rings. The summed E-state index contributed by atoms with van der Waals surface area (Å²) in [5.74, 6) is 1.17. The summed E-state index contributed by atoms with van der Waals surface area (Å²) in [7, 11) is 0. The molecule has 1 aromatic heterocycles. The van der Waals surface area contributed by atoms with E-state index in [2.05, 4.69) is 45.1 Å². The van der Waals surface area contributed by atoms with Gasteiger partial charge in [-0.25, -0.2) is 0 Å². The van der Waals surface area contributed by atoms with Crippen molar-refractivity contribution in [3.8, 4) is 0 Å². The van der Waals surface area contributed by atoms with Gasteiger partial charge in [-0.05, 0) is 53.5 Å². The topological polar surface area (TPSA) is 22.0 Å². The van der Waals surface area contributed by atoms with Crippen LogP contribution in [0.25, 0.3) is 17.0 Å². The van der Waals surface area contributed by atoms with Crippen molar-refractivity contribution >= 4 is 22.9 Å². The Morgan fingerprint density at radius 3 is 2.71 bits per heavy atom. The molecule has 1 aromatic carbocycles. The molecule has 0 aliphatic heterocycles. The largest absolute Gasteiger partial charge is 0.287 e. The molecule has 1 aliphatic rings. The van der Waals surface area contributed by atoms with E-state index in [-0.39, 0.29) is 5.91 Å². The van der Waals surface area contributed by atoms with Gasteiger partial charge in [-0.3, -0.25) is 9.36 Å². The number of hydrogen-bond acceptors (Lipinski definition) is 1. The van der Waals surface area contributed by atoms with Gasteiger partial charge >= 0.3 is 0 Å². The second-order valence-electron chi connectivity index (χ2n) is 6.28. The normalized spacial score (nSPS) is 21.3. The summed E-state index contributed by atoms with van der Waals surface area (Å²) in [5, 5.41) is 1.18. The summed E-state index contributed by atoms with van der Waals surface area (Å²) < 4.78 is 1.82. The van der Waals surface area contributed by atoms with E-state index in [1.54, 1.807) is 6.92 Å². The molecule has 0 spiro atoms. The van der Waals surface area contributed by atoms with E-state index in [1.165, 1.54) is 28.5 Å². The maximum atomic E-state index is 11.9. The molecule has 2 heteroatoms. The highest BCUT2D eigenvalue weighted by atomic mass is 16.1. The molecule has 3 rings (SSSR count). The Kier molecular flexibility index (Phi) is 3.48. The molecule has 1 aliphatic carbocycles. The van der Waals surface area contributed by atoms with Crippen molar-refractivity contribution in [2.24, 2.45) is 0 Å². The lowest BCUT2D eigenvalue weighted by Crippen LogP contribution is -2.06. The Balaban J connectivity index is 2.37. The average Bonchev–Trinajstić information content (AvgIpc) is 2.97. The zero-order chi connectivity index (χ0) is 15.1. The third-order valence-electron chi connectivity index (χ3n) is 4.65. The Morgan fingerprint density at radius 1 is 1.33 bits per heavy atom. The van der Waals surface area contributed by atoms with E-state index in [1.807, 2.05) is 10.8 Å². The highest BCUT2D eigenvalue weighted by Crippen LogP contribution is 2.47. The van der Waals surface area contributed by atoms with Gasteiger partial charge in [0.2, 0.25) is 5.91 Å². The molecule has 21 heavy (non-hydrogen) atoms. The van der Waals surface area contributed by atoms with Crippen molar-refractivity contribution in [2.45, 2.75) is 52.4 Å². The number of benzene rings is 1. The van der Waals surface area contributed by atoms with Crippen LogP contribution in [0.1, 0.15) is 73.9 Å². The number of hydrogen-bond donors (Lipinski definition) is 0. The maximum Gasteiger partial charge on any atom is 0.227 e. The zero-order valence-corrected chi connectivity index (χ0v) is 13.3. The van der Waals surface area contributed by atoms with Crippen molar-refractivity contribution in [2.75, 3.05) is 0 Å². The predicted molar refractivity (Wildman–Crippen MR) is 89.0 cm³/mol. The first kappa shape index (κ1) is 14.1. The first-order valence-corrected chi connectivity index (χ1v) is 7.89. The minimum atomic E-state index is 0.0933. The standard InChI is InChI=1S/C19H23NO/c1-5-6-7-15-11-16-8-9-20(14(4)21)19(16)18-13(3)10-12(2)17(15)18/h6-9,11-13H,5,10H2,1-4H3/b7-6+/t12-,13+/m1/s1. The van der Waals surface area contributed by atoms with Crippen molar-refractivity contribution in [1.82, 2.24) is 4.57 Å². The van der Waals surface area contributed by atoms with E-state index < -0.39 is 0 Å².